The highest BCUT2D eigenvalue weighted by molar-refractivity contribution is 6.31. The van der Waals surface area contributed by atoms with Gasteiger partial charge in [-0.15, -0.1) is 0 Å². The first-order chi connectivity index (χ1) is 6.36. The van der Waals surface area contributed by atoms with Gasteiger partial charge < -0.3 is 9.47 Å². The van der Waals surface area contributed by atoms with Gasteiger partial charge in [-0.1, -0.05) is 29.8 Å². The predicted molar refractivity (Wildman–Crippen MR) is 50.8 cm³/mol. The SMILES string of the molecule is Clc1ccccc1COC[C@H]1CO1. The van der Waals surface area contributed by atoms with Gasteiger partial charge in [-0.25, -0.2) is 0 Å². The lowest BCUT2D eigenvalue weighted by molar-refractivity contribution is 0.104. The summed E-state index contributed by atoms with van der Waals surface area (Å²) in [7, 11) is 0. The molecule has 1 aromatic carbocycles. The number of rotatable bonds is 4. The maximum absolute atomic E-state index is 5.94. The third-order valence-electron chi connectivity index (χ3n) is 1.92. The lowest BCUT2D eigenvalue weighted by Crippen LogP contribution is -2.01. The third-order valence-corrected chi connectivity index (χ3v) is 2.29. The van der Waals surface area contributed by atoms with Gasteiger partial charge in [0, 0.05) is 5.02 Å². The summed E-state index contributed by atoms with van der Waals surface area (Å²) < 4.78 is 10.4. The van der Waals surface area contributed by atoms with Crippen LogP contribution < -0.4 is 0 Å². The molecule has 0 N–H and O–H groups in total. The number of halogens is 1. The Labute approximate surface area is 82.4 Å². The van der Waals surface area contributed by atoms with Crippen LogP contribution in [0.2, 0.25) is 5.02 Å². The minimum Gasteiger partial charge on any atom is -0.374 e. The first kappa shape index (κ1) is 9.00. The molecule has 0 aromatic heterocycles. The average Bonchev–Trinajstić information content (AvgIpc) is 2.92. The van der Waals surface area contributed by atoms with Crippen LogP contribution in [0.5, 0.6) is 0 Å². The number of epoxide rings is 1. The van der Waals surface area contributed by atoms with Crippen molar-refractivity contribution in [2.45, 2.75) is 12.7 Å². The van der Waals surface area contributed by atoms with Gasteiger partial charge in [0.2, 0.25) is 0 Å². The Morgan fingerprint density at radius 2 is 2.23 bits per heavy atom. The predicted octanol–water partition coefficient (Wildman–Crippen LogP) is 2.26. The van der Waals surface area contributed by atoms with Crippen LogP contribution in [0, 0.1) is 0 Å². The molecule has 1 aromatic rings. The van der Waals surface area contributed by atoms with Crippen molar-refractivity contribution in [2.75, 3.05) is 13.2 Å². The van der Waals surface area contributed by atoms with Crippen LogP contribution in [-0.2, 0) is 16.1 Å². The molecular weight excluding hydrogens is 188 g/mol. The molecule has 2 rings (SSSR count). The lowest BCUT2D eigenvalue weighted by atomic mass is 10.2. The Morgan fingerprint density at radius 1 is 1.46 bits per heavy atom. The van der Waals surface area contributed by atoms with E-state index in [4.69, 9.17) is 21.1 Å². The molecule has 0 radical (unpaired) electrons. The fourth-order valence-electron chi connectivity index (χ4n) is 1.08. The van der Waals surface area contributed by atoms with Crippen LogP contribution in [0.15, 0.2) is 24.3 Å². The van der Waals surface area contributed by atoms with E-state index < -0.39 is 0 Å². The zero-order valence-electron chi connectivity index (χ0n) is 7.20. The molecule has 3 heteroatoms. The van der Waals surface area contributed by atoms with Gasteiger partial charge in [0.25, 0.3) is 0 Å². The average molecular weight is 199 g/mol. The molecule has 1 aliphatic heterocycles. The van der Waals surface area contributed by atoms with Crippen LogP contribution in [0.1, 0.15) is 5.56 Å². The molecule has 1 aliphatic rings. The van der Waals surface area contributed by atoms with E-state index in [1.54, 1.807) is 0 Å². The fourth-order valence-corrected chi connectivity index (χ4v) is 1.27. The summed E-state index contributed by atoms with van der Waals surface area (Å²) in [5, 5.41) is 0.763. The van der Waals surface area contributed by atoms with Gasteiger partial charge in [-0.05, 0) is 11.6 Å². The van der Waals surface area contributed by atoms with Crippen LogP contribution in [0.3, 0.4) is 0 Å². The number of ether oxygens (including phenoxy) is 2. The molecule has 0 spiro atoms. The van der Waals surface area contributed by atoms with Gasteiger partial charge in [0.15, 0.2) is 0 Å². The Balaban J connectivity index is 1.82. The van der Waals surface area contributed by atoms with Crippen molar-refractivity contribution in [2.24, 2.45) is 0 Å². The topological polar surface area (TPSA) is 21.8 Å². The van der Waals surface area contributed by atoms with Crippen molar-refractivity contribution in [1.82, 2.24) is 0 Å². The second-order valence-corrected chi connectivity index (χ2v) is 3.47. The van der Waals surface area contributed by atoms with E-state index in [1.807, 2.05) is 24.3 Å². The highest BCUT2D eigenvalue weighted by Gasteiger charge is 2.22. The third kappa shape index (κ3) is 2.69. The maximum Gasteiger partial charge on any atom is 0.104 e. The van der Waals surface area contributed by atoms with Crippen molar-refractivity contribution >= 4 is 11.6 Å². The minimum atomic E-state index is 0.322. The van der Waals surface area contributed by atoms with E-state index in [2.05, 4.69) is 0 Å². The fraction of sp³-hybridized carbons (Fsp3) is 0.400. The van der Waals surface area contributed by atoms with Crippen molar-refractivity contribution in [3.8, 4) is 0 Å². The molecule has 0 aliphatic carbocycles. The summed E-state index contributed by atoms with van der Waals surface area (Å²) in [6, 6.07) is 7.71. The van der Waals surface area contributed by atoms with E-state index in [0.29, 0.717) is 19.3 Å². The zero-order chi connectivity index (χ0) is 9.10. The standard InChI is InChI=1S/C10H11ClO2/c11-10-4-2-1-3-8(10)5-12-6-9-7-13-9/h1-4,9H,5-7H2/t9-/m0/s1. The van der Waals surface area contributed by atoms with E-state index >= 15 is 0 Å². The second-order valence-electron chi connectivity index (χ2n) is 3.06. The highest BCUT2D eigenvalue weighted by Crippen LogP contribution is 2.16. The Kier molecular flexibility index (Phi) is 2.83. The molecule has 0 unspecified atom stereocenters. The first-order valence-corrected chi connectivity index (χ1v) is 4.67. The molecule has 2 nitrogen and oxygen atoms in total. The molecule has 1 saturated heterocycles. The monoisotopic (exact) mass is 198 g/mol. The smallest absolute Gasteiger partial charge is 0.104 e. The molecule has 0 saturated carbocycles. The van der Waals surface area contributed by atoms with Crippen molar-refractivity contribution in [1.29, 1.82) is 0 Å². The molecule has 70 valence electrons. The summed E-state index contributed by atoms with van der Waals surface area (Å²) in [6.45, 7) is 2.08. The van der Waals surface area contributed by atoms with Gasteiger partial charge >= 0.3 is 0 Å². The highest BCUT2D eigenvalue weighted by atomic mass is 35.5. The van der Waals surface area contributed by atoms with Gasteiger partial charge in [0.1, 0.15) is 6.10 Å². The first-order valence-electron chi connectivity index (χ1n) is 4.29. The molecule has 1 atom stereocenters. The number of hydrogen-bond acceptors (Lipinski definition) is 2. The van der Waals surface area contributed by atoms with E-state index in [9.17, 15) is 0 Å². The Morgan fingerprint density at radius 3 is 2.92 bits per heavy atom. The summed E-state index contributed by atoms with van der Waals surface area (Å²) in [4.78, 5) is 0. The van der Waals surface area contributed by atoms with Crippen LogP contribution in [0.25, 0.3) is 0 Å². The quantitative estimate of drug-likeness (QED) is 0.693. The molecule has 0 amide bonds. The van der Waals surface area contributed by atoms with Crippen molar-refractivity contribution in [3.05, 3.63) is 34.9 Å². The van der Waals surface area contributed by atoms with Crippen LogP contribution in [0.4, 0.5) is 0 Å². The van der Waals surface area contributed by atoms with E-state index in [0.717, 1.165) is 17.2 Å². The lowest BCUT2D eigenvalue weighted by Gasteiger charge is -2.03. The van der Waals surface area contributed by atoms with Gasteiger partial charge in [0.05, 0.1) is 19.8 Å². The maximum atomic E-state index is 5.94. The molecule has 1 fully saturated rings. The number of hydrogen-bond donors (Lipinski definition) is 0. The summed E-state index contributed by atoms with van der Waals surface area (Å²) in [5.41, 5.74) is 1.03. The molecule has 13 heavy (non-hydrogen) atoms. The van der Waals surface area contributed by atoms with E-state index in [-0.39, 0.29) is 0 Å². The largest absolute Gasteiger partial charge is 0.374 e. The summed E-state index contributed by atoms with van der Waals surface area (Å²) >= 11 is 5.94. The van der Waals surface area contributed by atoms with Crippen molar-refractivity contribution < 1.29 is 9.47 Å². The van der Waals surface area contributed by atoms with Crippen LogP contribution >= 0.6 is 11.6 Å². The van der Waals surface area contributed by atoms with E-state index in [1.165, 1.54) is 0 Å². The van der Waals surface area contributed by atoms with Crippen LogP contribution in [-0.4, -0.2) is 19.3 Å². The second kappa shape index (κ2) is 4.09. The summed E-state index contributed by atoms with van der Waals surface area (Å²) in [5.74, 6) is 0. The Hall–Kier alpha value is -0.570. The van der Waals surface area contributed by atoms with Crippen molar-refractivity contribution in [3.63, 3.8) is 0 Å². The molecular formula is C10H11ClO2. The van der Waals surface area contributed by atoms with Gasteiger partial charge in [-0.2, -0.15) is 0 Å². The minimum absolute atomic E-state index is 0.322. The number of benzene rings is 1. The Bertz CT molecular complexity index is 284. The normalized spacial score (nSPS) is 20.2. The summed E-state index contributed by atoms with van der Waals surface area (Å²) in [6.07, 6.45) is 0.322. The van der Waals surface area contributed by atoms with Gasteiger partial charge in [-0.3, -0.25) is 0 Å². The molecule has 0 bridgehead atoms. The molecule has 1 heterocycles. The zero-order valence-corrected chi connectivity index (χ0v) is 7.96.